The molecule has 1 aromatic heterocycles. The van der Waals surface area contributed by atoms with E-state index >= 15 is 0 Å². The quantitative estimate of drug-likeness (QED) is 0.707. The number of ether oxygens (including phenoxy) is 1. The molecule has 3 aromatic rings. The van der Waals surface area contributed by atoms with Crippen molar-refractivity contribution in [2.24, 2.45) is 0 Å². The lowest BCUT2D eigenvalue weighted by Crippen LogP contribution is -2.30. The number of carbonyl (C=O) groups excluding carboxylic acids is 1. The van der Waals surface area contributed by atoms with Crippen molar-refractivity contribution in [1.82, 2.24) is 4.98 Å². The molecule has 1 atom stereocenters. The number of nitrogens with zero attached hydrogens (tertiary/aromatic N) is 1. The number of carbonyl (C=O) groups is 1. The van der Waals surface area contributed by atoms with E-state index in [0.29, 0.717) is 16.5 Å². The summed E-state index contributed by atoms with van der Waals surface area (Å²) in [6.45, 7) is 1.70. The third kappa shape index (κ3) is 4.13. The zero-order chi connectivity index (χ0) is 16.9. The maximum atomic E-state index is 12.2. The zero-order valence-electron chi connectivity index (χ0n) is 12.9. The lowest BCUT2D eigenvalue weighted by Gasteiger charge is -2.15. The van der Waals surface area contributed by atoms with Gasteiger partial charge in [-0.1, -0.05) is 11.6 Å². The second kappa shape index (κ2) is 7.47. The molecule has 2 aromatic carbocycles. The molecular weight excluding hydrogens is 344 g/mol. The summed E-state index contributed by atoms with van der Waals surface area (Å²) in [5, 5.41) is 6.35. The average molecular weight is 359 g/mol. The van der Waals surface area contributed by atoms with Gasteiger partial charge in [-0.25, -0.2) is 4.98 Å². The van der Waals surface area contributed by atoms with Gasteiger partial charge in [-0.2, -0.15) is 0 Å². The van der Waals surface area contributed by atoms with Gasteiger partial charge in [-0.3, -0.25) is 4.79 Å². The largest absolute Gasteiger partial charge is 0.481 e. The third-order valence-electron chi connectivity index (χ3n) is 3.33. The number of hydrogen-bond donors (Lipinski definition) is 1. The number of benzene rings is 2. The van der Waals surface area contributed by atoms with Crippen molar-refractivity contribution in [1.29, 1.82) is 0 Å². The van der Waals surface area contributed by atoms with Crippen LogP contribution < -0.4 is 10.1 Å². The zero-order valence-corrected chi connectivity index (χ0v) is 14.5. The summed E-state index contributed by atoms with van der Waals surface area (Å²) >= 11 is 7.40. The molecule has 0 spiro atoms. The Balaban J connectivity index is 1.60. The van der Waals surface area contributed by atoms with E-state index in [4.69, 9.17) is 16.3 Å². The Morgan fingerprint density at radius 1 is 1.17 bits per heavy atom. The minimum Gasteiger partial charge on any atom is -0.481 e. The van der Waals surface area contributed by atoms with Gasteiger partial charge in [-0.15, -0.1) is 11.3 Å². The molecule has 0 saturated heterocycles. The maximum absolute atomic E-state index is 12.2. The van der Waals surface area contributed by atoms with Gasteiger partial charge in [0.1, 0.15) is 10.8 Å². The summed E-state index contributed by atoms with van der Waals surface area (Å²) in [6, 6.07) is 14.5. The van der Waals surface area contributed by atoms with Gasteiger partial charge < -0.3 is 10.1 Å². The minimum atomic E-state index is -0.621. The van der Waals surface area contributed by atoms with Crippen LogP contribution in [0.5, 0.6) is 5.75 Å². The van der Waals surface area contributed by atoms with E-state index < -0.39 is 6.10 Å². The highest BCUT2D eigenvalue weighted by molar-refractivity contribution is 7.13. The number of hydrogen-bond acceptors (Lipinski definition) is 4. The van der Waals surface area contributed by atoms with Crippen molar-refractivity contribution >= 4 is 34.5 Å². The maximum Gasteiger partial charge on any atom is 0.265 e. The van der Waals surface area contributed by atoms with Crippen LogP contribution in [0.2, 0.25) is 5.02 Å². The highest BCUT2D eigenvalue weighted by Gasteiger charge is 2.15. The summed E-state index contributed by atoms with van der Waals surface area (Å²) < 4.78 is 5.61. The average Bonchev–Trinajstić information content (AvgIpc) is 3.12. The van der Waals surface area contributed by atoms with Crippen molar-refractivity contribution < 1.29 is 9.53 Å². The van der Waals surface area contributed by atoms with Crippen LogP contribution in [0.4, 0.5) is 5.69 Å². The molecule has 0 bridgehead atoms. The number of amides is 1. The van der Waals surface area contributed by atoms with Gasteiger partial charge in [0.25, 0.3) is 5.91 Å². The number of halogens is 1. The van der Waals surface area contributed by atoms with E-state index in [2.05, 4.69) is 10.3 Å². The fraction of sp³-hybridized carbons (Fsp3) is 0.111. The molecule has 24 heavy (non-hydrogen) atoms. The molecule has 0 aliphatic heterocycles. The molecule has 1 N–H and O–H groups in total. The van der Waals surface area contributed by atoms with E-state index in [1.165, 1.54) is 0 Å². The Labute approximate surface area is 149 Å². The molecule has 0 aliphatic rings. The Hall–Kier alpha value is -2.37. The van der Waals surface area contributed by atoms with Crippen molar-refractivity contribution in [3.63, 3.8) is 0 Å². The lowest BCUT2D eigenvalue weighted by atomic mass is 10.2. The SMILES string of the molecule is CC(Oc1ccc(Cl)cc1)C(=O)Nc1ccc(-c2nccs2)cc1. The summed E-state index contributed by atoms with van der Waals surface area (Å²) in [4.78, 5) is 16.5. The molecule has 3 rings (SSSR count). The first-order valence-corrected chi connectivity index (χ1v) is 8.60. The molecule has 1 unspecified atom stereocenters. The van der Waals surface area contributed by atoms with Crippen LogP contribution in [0.1, 0.15) is 6.92 Å². The molecule has 0 aliphatic carbocycles. The summed E-state index contributed by atoms with van der Waals surface area (Å²) in [5.41, 5.74) is 1.74. The second-order valence-electron chi connectivity index (χ2n) is 5.12. The van der Waals surface area contributed by atoms with Crippen molar-refractivity contribution in [3.8, 4) is 16.3 Å². The minimum absolute atomic E-state index is 0.216. The molecule has 0 fully saturated rings. The van der Waals surface area contributed by atoms with E-state index in [0.717, 1.165) is 10.6 Å². The Bertz CT molecular complexity index is 802. The highest BCUT2D eigenvalue weighted by atomic mass is 35.5. The fourth-order valence-electron chi connectivity index (χ4n) is 2.08. The second-order valence-corrected chi connectivity index (χ2v) is 6.45. The van der Waals surface area contributed by atoms with Crippen LogP contribution in [0.15, 0.2) is 60.1 Å². The van der Waals surface area contributed by atoms with Crippen LogP contribution in [-0.2, 0) is 4.79 Å². The molecule has 1 amide bonds. The monoisotopic (exact) mass is 358 g/mol. The number of aromatic nitrogens is 1. The number of thiazole rings is 1. The molecule has 122 valence electrons. The predicted molar refractivity (Wildman–Crippen MR) is 97.7 cm³/mol. The fourth-order valence-corrected chi connectivity index (χ4v) is 2.85. The Kier molecular flexibility index (Phi) is 5.13. The predicted octanol–water partition coefficient (Wildman–Crippen LogP) is 4.87. The van der Waals surface area contributed by atoms with E-state index in [1.54, 1.807) is 48.7 Å². The smallest absolute Gasteiger partial charge is 0.265 e. The summed E-state index contributed by atoms with van der Waals surface area (Å²) in [5.74, 6) is 0.383. The van der Waals surface area contributed by atoms with Gasteiger partial charge in [0, 0.05) is 27.9 Å². The molecule has 1 heterocycles. The first kappa shape index (κ1) is 16.5. The first-order valence-electron chi connectivity index (χ1n) is 7.35. The van der Waals surface area contributed by atoms with Crippen molar-refractivity contribution in [3.05, 3.63) is 65.1 Å². The Morgan fingerprint density at radius 2 is 1.88 bits per heavy atom. The topological polar surface area (TPSA) is 51.2 Å². The van der Waals surface area contributed by atoms with Crippen molar-refractivity contribution in [2.75, 3.05) is 5.32 Å². The normalized spacial score (nSPS) is 11.8. The van der Waals surface area contributed by atoms with Crippen LogP contribution in [0.25, 0.3) is 10.6 Å². The van der Waals surface area contributed by atoms with Crippen LogP contribution in [0, 0.1) is 0 Å². The van der Waals surface area contributed by atoms with Crippen LogP contribution in [0.3, 0.4) is 0 Å². The molecule has 0 radical (unpaired) electrons. The lowest BCUT2D eigenvalue weighted by molar-refractivity contribution is -0.122. The van der Waals surface area contributed by atoms with Crippen LogP contribution in [-0.4, -0.2) is 17.0 Å². The van der Waals surface area contributed by atoms with E-state index in [9.17, 15) is 4.79 Å². The van der Waals surface area contributed by atoms with Crippen molar-refractivity contribution in [2.45, 2.75) is 13.0 Å². The Morgan fingerprint density at radius 3 is 2.50 bits per heavy atom. The molecular formula is C18H15ClN2O2S. The number of anilines is 1. The first-order chi connectivity index (χ1) is 11.6. The van der Waals surface area contributed by atoms with Gasteiger partial charge in [-0.05, 0) is 55.5 Å². The summed E-state index contributed by atoms with van der Waals surface area (Å²) in [6.07, 6.45) is 1.15. The van der Waals surface area contributed by atoms with Crippen LogP contribution >= 0.6 is 22.9 Å². The van der Waals surface area contributed by atoms with E-state index in [1.807, 2.05) is 29.6 Å². The molecule has 0 saturated carbocycles. The van der Waals surface area contributed by atoms with Gasteiger partial charge in [0.15, 0.2) is 6.10 Å². The highest BCUT2D eigenvalue weighted by Crippen LogP contribution is 2.23. The summed E-state index contributed by atoms with van der Waals surface area (Å²) in [7, 11) is 0. The number of rotatable bonds is 5. The molecule has 6 heteroatoms. The molecule has 4 nitrogen and oxygen atoms in total. The van der Waals surface area contributed by atoms with E-state index in [-0.39, 0.29) is 5.91 Å². The van der Waals surface area contributed by atoms with Gasteiger partial charge in [0.05, 0.1) is 0 Å². The third-order valence-corrected chi connectivity index (χ3v) is 4.40. The van der Waals surface area contributed by atoms with Gasteiger partial charge >= 0.3 is 0 Å². The van der Waals surface area contributed by atoms with Gasteiger partial charge in [0.2, 0.25) is 0 Å². The number of nitrogens with one attached hydrogen (secondary N) is 1. The standard InChI is InChI=1S/C18H15ClN2O2S/c1-12(23-16-8-4-14(19)5-9-16)17(22)21-15-6-2-13(3-7-15)18-20-10-11-24-18/h2-12H,1H3,(H,21,22).